The second kappa shape index (κ2) is 17.1. The summed E-state index contributed by atoms with van der Waals surface area (Å²) in [6.07, 6.45) is -4.73. The topological polar surface area (TPSA) is 153 Å². The number of carbonyl (C=O) groups is 2. The zero-order valence-electron chi connectivity index (χ0n) is 25.2. The van der Waals surface area contributed by atoms with Crippen molar-refractivity contribution in [2.75, 3.05) is 22.1 Å². The molecule has 19 heteroatoms. The number of rotatable bonds is 12. The smallest absolute Gasteiger partial charge is 0.322 e. The third-order valence-corrected chi connectivity index (χ3v) is 8.74. The maximum atomic E-state index is 14.6. The Labute approximate surface area is 270 Å². The van der Waals surface area contributed by atoms with Crippen molar-refractivity contribution in [1.82, 2.24) is 20.4 Å². The van der Waals surface area contributed by atoms with Gasteiger partial charge in [-0.25, -0.2) is 26.3 Å². The fraction of sp³-hybridized carbons (Fsp3) is 0.357. The van der Waals surface area contributed by atoms with Crippen LogP contribution in [0.4, 0.5) is 38.4 Å². The van der Waals surface area contributed by atoms with Gasteiger partial charge in [-0.2, -0.15) is 0 Å². The number of anilines is 2. The fourth-order valence-corrected chi connectivity index (χ4v) is 6.00. The number of nitrogens with zero attached hydrogens (tertiary/aromatic N) is 4. The van der Waals surface area contributed by atoms with Crippen molar-refractivity contribution in [1.29, 1.82) is 0 Å². The molecule has 0 radical (unpaired) electrons. The van der Waals surface area contributed by atoms with Gasteiger partial charge in [0.05, 0.1) is 31.7 Å². The van der Waals surface area contributed by atoms with Crippen LogP contribution >= 0.6 is 11.8 Å². The van der Waals surface area contributed by atoms with Crippen LogP contribution in [0.2, 0.25) is 0 Å². The molecule has 2 N–H and O–H groups in total. The summed E-state index contributed by atoms with van der Waals surface area (Å²) in [4.78, 5) is 23.3. The molecule has 2 amide bonds. The molecule has 0 fully saturated rings. The summed E-state index contributed by atoms with van der Waals surface area (Å²) in [6.45, 7) is 6.56. The lowest BCUT2D eigenvalue weighted by atomic mass is 10.1. The summed E-state index contributed by atoms with van der Waals surface area (Å²) in [5, 5.41) is 18.5. The predicted molar refractivity (Wildman–Crippen MR) is 159 cm³/mol. The Hall–Kier alpha value is -4.26. The van der Waals surface area contributed by atoms with Gasteiger partial charge in [0.2, 0.25) is 11.8 Å². The van der Waals surface area contributed by atoms with Gasteiger partial charge in [0, 0.05) is 30.7 Å². The average Bonchev–Trinajstić information content (AvgIpc) is 3.62. The molecule has 0 bridgehead atoms. The van der Waals surface area contributed by atoms with Gasteiger partial charge in [0.15, 0.2) is 5.82 Å². The van der Waals surface area contributed by atoms with Crippen molar-refractivity contribution in [3.63, 3.8) is 0 Å². The summed E-state index contributed by atoms with van der Waals surface area (Å²) >= 11 is 0.958. The Bertz CT molecular complexity index is 1740. The Balaban J connectivity index is 0.000000256. The van der Waals surface area contributed by atoms with E-state index in [2.05, 4.69) is 31.0 Å². The lowest BCUT2D eigenvalue weighted by molar-refractivity contribution is 0.101. The summed E-state index contributed by atoms with van der Waals surface area (Å²) in [5.74, 6) is -3.15. The number of benzene rings is 2. The largest absolute Gasteiger partial charge is 0.408 e. The minimum Gasteiger partial charge on any atom is -0.408 e. The van der Waals surface area contributed by atoms with Crippen LogP contribution < -0.4 is 10.6 Å². The lowest BCUT2D eigenvalue weighted by Crippen LogP contribution is -2.17. The van der Waals surface area contributed by atoms with Crippen LogP contribution in [0.1, 0.15) is 83.2 Å². The molecule has 2 aromatic heterocycles. The highest BCUT2D eigenvalue weighted by Crippen LogP contribution is 2.35. The Morgan fingerprint density at radius 2 is 1.28 bits per heavy atom. The van der Waals surface area contributed by atoms with Gasteiger partial charge in [0.1, 0.15) is 5.82 Å². The average molecular weight is 707 g/mol. The zero-order chi connectivity index (χ0) is 34.8. The molecule has 2 aromatic carbocycles. The monoisotopic (exact) mass is 706 g/mol. The molecule has 1 atom stereocenters. The van der Waals surface area contributed by atoms with Crippen LogP contribution in [0.3, 0.4) is 0 Å². The van der Waals surface area contributed by atoms with Crippen LogP contribution in [0, 0.1) is 25.5 Å². The Morgan fingerprint density at radius 1 is 0.787 bits per heavy atom. The molecule has 0 aliphatic carbocycles. The van der Waals surface area contributed by atoms with E-state index < -0.39 is 68.7 Å². The number of amides is 2. The summed E-state index contributed by atoms with van der Waals surface area (Å²) < 4.78 is 103. The number of aryl methyl sites for hydroxylation is 2. The van der Waals surface area contributed by atoms with E-state index in [0.29, 0.717) is 18.6 Å². The van der Waals surface area contributed by atoms with Crippen molar-refractivity contribution < 1.29 is 49.0 Å². The van der Waals surface area contributed by atoms with E-state index in [-0.39, 0.29) is 40.0 Å². The minimum atomic E-state index is -3.01. The fourth-order valence-electron chi connectivity index (χ4n) is 3.73. The van der Waals surface area contributed by atoms with Crippen LogP contribution in [-0.4, -0.2) is 47.9 Å². The zero-order valence-corrected chi connectivity index (χ0v) is 26.8. The van der Waals surface area contributed by atoms with Gasteiger partial charge in [-0.05, 0) is 30.7 Å². The maximum absolute atomic E-state index is 14.6. The van der Waals surface area contributed by atoms with Crippen molar-refractivity contribution in [2.24, 2.45) is 0 Å². The molecule has 0 aliphatic rings. The summed E-state index contributed by atoms with van der Waals surface area (Å²) in [6, 6.07) is 3.43. The van der Waals surface area contributed by atoms with E-state index in [1.54, 1.807) is 6.92 Å². The van der Waals surface area contributed by atoms with Gasteiger partial charge in [-0.15, -0.1) is 22.0 Å². The van der Waals surface area contributed by atoms with E-state index in [9.17, 15) is 40.1 Å². The predicted octanol–water partition coefficient (Wildman–Crippen LogP) is 7.43. The van der Waals surface area contributed by atoms with E-state index in [0.717, 1.165) is 36.0 Å². The summed E-state index contributed by atoms with van der Waals surface area (Å²) in [7, 11) is -1.98. The molecule has 2 heterocycles. The van der Waals surface area contributed by atoms with Gasteiger partial charge < -0.3 is 8.83 Å². The van der Waals surface area contributed by atoms with Crippen molar-refractivity contribution in [3.8, 4) is 0 Å². The molecule has 47 heavy (non-hydrogen) atoms. The quantitative estimate of drug-likeness (QED) is 0.112. The van der Waals surface area contributed by atoms with Crippen LogP contribution in [0.15, 0.2) is 42.9 Å². The molecule has 0 saturated heterocycles. The van der Waals surface area contributed by atoms with E-state index in [4.69, 9.17) is 8.83 Å². The van der Waals surface area contributed by atoms with Crippen molar-refractivity contribution >= 4 is 46.4 Å². The number of hydrogen-bond acceptors (Lipinski definition) is 10. The first-order valence-electron chi connectivity index (χ1n) is 13.7. The molecule has 0 aliphatic heterocycles. The molecule has 4 rings (SSSR count). The first-order valence-corrected chi connectivity index (χ1v) is 16.0. The first-order chi connectivity index (χ1) is 22.3. The number of halogens is 6. The first kappa shape index (κ1) is 37.2. The highest BCUT2D eigenvalue weighted by atomic mass is 32.2. The third kappa shape index (κ3) is 9.63. The standard InChI is InChI=1S/C14H14F3N3O3S.C14H14F3N3O2S/c1-3-6-24(22)11-9(12(16)17)5-4-8(10(11)15)13(21)18-14-20-19-7(2)23-14;1-3-6-23-11-9(12(16)17)5-4-8(10(11)15)13(21)18-14-20-19-7(2)22-14/h4-5,12H,3,6H2,1-2H3,(H,18,20,21);4-5,12H,3,6H2,1-2H3,(H,18,20,21). The van der Waals surface area contributed by atoms with Gasteiger partial charge in [-0.3, -0.25) is 24.4 Å². The van der Waals surface area contributed by atoms with Crippen molar-refractivity contribution in [3.05, 3.63) is 69.9 Å². The number of hydrogen-bond donors (Lipinski definition) is 2. The number of thioether (sulfide) groups is 1. The number of alkyl halides is 4. The number of nitrogens with one attached hydrogen (secondary N) is 2. The van der Waals surface area contributed by atoms with Gasteiger partial charge in [-0.1, -0.05) is 36.2 Å². The second-order valence-corrected chi connectivity index (χ2v) is 12.0. The van der Waals surface area contributed by atoms with Crippen molar-refractivity contribution in [2.45, 2.75) is 63.2 Å². The molecular weight excluding hydrogens is 678 g/mol. The Kier molecular flexibility index (Phi) is 13.5. The highest BCUT2D eigenvalue weighted by molar-refractivity contribution is 7.99. The third-order valence-electron chi connectivity index (χ3n) is 5.78. The van der Waals surface area contributed by atoms with Gasteiger partial charge >= 0.3 is 12.0 Å². The number of carbonyl (C=O) groups excluding carboxylic acids is 2. The molecular formula is C28H28F6N6O5S2. The Morgan fingerprint density at radius 3 is 1.70 bits per heavy atom. The molecule has 0 saturated carbocycles. The molecule has 254 valence electrons. The van der Waals surface area contributed by atoms with E-state index >= 15 is 0 Å². The van der Waals surface area contributed by atoms with Gasteiger partial charge in [0.25, 0.3) is 24.7 Å². The van der Waals surface area contributed by atoms with Crippen LogP contribution in [0.5, 0.6) is 0 Å². The molecule has 4 aromatic rings. The van der Waals surface area contributed by atoms with E-state index in [1.807, 2.05) is 6.92 Å². The summed E-state index contributed by atoms with van der Waals surface area (Å²) in [5.41, 5.74) is -2.01. The second-order valence-electron chi connectivity index (χ2n) is 9.35. The molecule has 11 nitrogen and oxygen atoms in total. The molecule has 1 unspecified atom stereocenters. The van der Waals surface area contributed by atoms with Crippen LogP contribution in [-0.2, 0) is 10.8 Å². The lowest BCUT2D eigenvalue weighted by Gasteiger charge is -2.12. The van der Waals surface area contributed by atoms with Crippen LogP contribution in [0.25, 0.3) is 0 Å². The maximum Gasteiger partial charge on any atom is 0.322 e. The normalized spacial score (nSPS) is 11.7. The SMILES string of the molecule is CCCS(=O)c1c(C(F)F)ccc(C(=O)Nc2nnc(C)o2)c1F.CCCSc1c(C(F)F)ccc(C(=O)Nc2nnc(C)o2)c1F. The minimum absolute atomic E-state index is 0.00453. The number of aromatic nitrogens is 4. The van der Waals surface area contributed by atoms with E-state index in [1.165, 1.54) is 13.8 Å². The highest BCUT2D eigenvalue weighted by Gasteiger charge is 2.27. The molecule has 0 spiro atoms.